The molecule has 0 aliphatic rings. The minimum atomic E-state index is -3.36. The van der Waals surface area contributed by atoms with Crippen molar-refractivity contribution in [2.24, 2.45) is 0 Å². The smallest absolute Gasteiger partial charge is 0.323 e. The summed E-state index contributed by atoms with van der Waals surface area (Å²) in [6.07, 6.45) is 0. The fourth-order valence-corrected chi connectivity index (χ4v) is 5.76. The Kier molecular flexibility index (Phi) is 9.86. The zero-order chi connectivity index (χ0) is 24.7. The highest BCUT2D eigenvalue weighted by Gasteiger charge is 2.22. The van der Waals surface area contributed by atoms with Gasteiger partial charge in [0, 0.05) is 28.2 Å². The van der Waals surface area contributed by atoms with Gasteiger partial charge in [-0.2, -0.15) is 0 Å². The molecule has 0 bridgehead atoms. The van der Waals surface area contributed by atoms with Crippen LogP contribution in [0.3, 0.4) is 0 Å². The maximum atomic E-state index is 11.5. The van der Waals surface area contributed by atoms with Crippen molar-refractivity contribution in [2.45, 2.75) is 22.5 Å². The molecule has 2 N–H and O–H groups in total. The quantitative estimate of drug-likeness (QED) is 0.491. The topological polar surface area (TPSA) is 185 Å². The first-order valence-electron chi connectivity index (χ1n) is 8.87. The van der Waals surface area contributed by atoms with Crippen LogP contribution in [0.2, 0.25) is 0 Å². The average Bonchev–Trinajstić information content (AvgIpc) is 3.48. The van der Waals surface area contributed by atoms with E-state index in [-0.39, 0.29) is 42.5 Å². The molecule has 2 rings (SSSR count). The third-order valence-corrected chi connectivity index (χ3v) is 10.1. The zero-order valence-corrected chi connectivity index (χ0v) is 21.4. The lowest BCUT2D eigenvalue weighted by Gasteiger charge is -2.10. The van der Waals surface area contributed by atoms with Gasteiger partial charge in [-0.3, -0.25) is 9.80 Å². The molecule has 0 aliphatic heterocycles. The fourth-order valence-electron chi connectivity index (χ4n) is 1.68. The summed E-state index contributed by atoms with van der Waals surface area (Å²) in [4.78, 5) is 24.9. The second kappa shape index (κ2) is 11.4. The molecule has 32 heavy (non-hydrogen) atoms. The number of amides is 4. The van der Waals surface area contributed by atoms with Gasteiger partial charge in [-0.15, -0.1) is 20.4 Å². The molecule has 18 heteroatoms. The molecule has 0 aromatic carbocycles. The summed E-state index contributed by atoms with van der Waals surface area (Å²) >= 11 is 1.74. The highest BCUT2D eigenvalue weighted by Crippen LogP contribution is 2.24. The third kappa shape index (κ3) is 6.78. The first-order chi connectivity index (χ1) is 14.8. The highest BCUT2D eigenvalue weighted by molar-refractivity contribution is 7.93. The molecule has 0 saturated heterocycles. The van der Waals surface area contributed by atoms with Gasteiger partial charge < -0.3 is 10.6 Å². The Morgan fingerprint density at radius 1 is 0.750 bits per heavy atom. The van der Waals surface area contributed by atoms with E-state index in [0.29, 0.717) is 0 Å². The summed E-state index contributed by atoms with van der Waals surface area (Å²) in [5.41, 5.74) is 0. The lowest BCUT2D eigenvalue weighted by molar-refractivity contribution is 0.248. The minimum Gasteiger partial charge on any atom is -0.341 e. The molecule has 0 saturated carbocycles. The van der Waals surface area contributed by atoms with Crippen molar-refractivity contribution in [2.75, 3.05) is 49.5 Å². The molecule has 0 fully saturated rings. The van der Waals surface area contributed by atoms with Gasteiger partial charge in [-0.05, 0) is 0 Å². The molecular formula is C14H24N8O6S4. The summed E-state index contributed by atoms with van der Waals surface area (Å²) in [6.45, 7) is 3.05. The SMILES string of the molecule is CCS(=O)(=O)c1nnc(N(C)C(=O)NC)s1.CCS(=O)(=O)c1nnc(N(C)C(=O)NC)s1. The van der Waals surface area contributed by atoms with Crippen LogP contribution >= 0.6 is 22.7 Å². The van der Waals surface area contributed by atoms with Gasteiger partial charge in [0.2, 0.25) is 38.6 Å². The number of hydrogen-bond acceptors (Lipinski definition) is 12. The molecule has 2 aromatic rings. The van der Waals surface area contributed by atoms with E-state index in [0.717, 1.165) is 22.7 Å². The molecule has 0 radical (unpaired) electrons. The van der Waals surface area contributed by atoms with Crippen LogP contribution < -0.4 is 20.4 Å². The Morgan fingerprint density at radius 2 is 1.06 bits per heavy atom. The average molecular weight is 529 g/mol. The number of aromatic nitrogens is 4. The maximum absolute atomic E-state index is 11.5. The van der Waals surface area contributed by atoms with E-state index in [4.69, 9.17) is 0 Å². The van der Waals surface area contributed by atoms with Crippen LogP contribution in [0.5, 0.6) is 0 Å². The van der Waals surface area contributed by atoms with Crippen LogP contribution in [0.1, 0.15) is 13.8 Å². The van der Waals surface area contributed by atoms with E-state index in [2.05, 4.69) is 31.0 Å². The molecule has 4 amide bonds. The van der Waals surface area contributed by atoms with Crippen molar-refractivity contribution < 1.29 is 26.4 Å². The summed E-state index contributed by atoms with van der Waals surface area (Å²) in [6, 6.07) is -0.756. The van der Waals surface area contributed by atoms with Crippen molar-refractivity contribution in [3.63, 3.8) is 0 Å². The van der Waals surface area contributed by atoms with E-state index in [1.165, 1.54) is 51.8 Å². The van der Waals surface area contributed by atoms with Crippen molar-refractivity contribution >= 4 is 64.7 Å². The number of rotatable bonds is 6. The van der Waals surface area contributed by atoms with Crippen LogP contribution in [-0.2, 0) is 19.7 Å². The Labute approximate surface area is 193 Å². The van der Waals surface area contributed by atoms with Gasteiger partial charge in [0.15, 0.2) is 0 Å². The second-order valence-corrected chi connectivity index (χ2v) is 12.6. The van der Waals surface area contributed by atoms with Gasteiger partial charge in [0.25, 0.3) is 0 Å². The Bertz CT molecular complexity index is 1050. The van der Waals surface area contributed by atoms with Crippen LogP contribution in [0.15, 0.2) is 8.68 Å². The number of sulfone groups is 2. The van der Waals surface area contributed by atoms with Gasteiger partial charge in [-0.1, -0.05) is 36.5 Å². The molecule has 14 nitrogen and oxygen atoms in total. The first-order valence-corrected chi connectivity index (χ1v) is 13.8. The minimum absolute atomic E-state index is 0.0364. The van der Waals surface area contributed by atoms with E-state index in [1.807, 2.05) is 0 Å². The number of carbonyl (C=O) groups is 2. The van der Waals surface area contributed by atoms with Gasteiger partial charge in [0.1, 0.15) is 0 Å². The predicted molar refractivity (Wildman–Crippen MR) is 121 cm³/mol. The number of anilines is 2. The van der Waals surface area contributed by atoms with E-state index < -0.39 is 19.7 Å². The van der Waals surface area contributed by atoms with Crippen LogP contribution in [0, 0.1) is 0 Å². The van der Waals surface area contributed by atoms with Crippen LogP contribution in [0.4, 0.5) is 19.9 Å². The molecule has 2 aromatic heterocycles. The number of carbonyl (C=O) groups excluding carboxylic acids is 2. The Balaban J connectivity index is 0.000000320. The third-order valence-electron chi connectivity index (χ3n) is 3.69. The molecule has 2 heterocycles. The first kappa shape index (κ1) is 27.6. The van der Waals surface area contributed by atoms with E-state index in [1.54, 1.807) is 0 Å². The van der Waals surface area contributed by atoms with Gasteiger partial charge in [-0.25, -0.2) is 26.4 Å². The van der Waals surface area contributed by atoms with E-state index >= 15 is 0 Å². The summed E-state index contributed by atoms with van der Waals surface area (Å²) in [5, 5.41) is 19.7. The number of urea groups is 2. The standard InChI is InChI=1S/2C7H12N4O3S2/c2*1-4-16(13,14)7-10-9-6(15-7)11(3)5(12)8-2/h2*4H2,1-3H3,(H,8,12). The van der Waals surface area contributed by atoms with Crippen molar-refractivity contribution in [1.82, 2.24) is 31.0 Å². The van der Waals surface area contributed by atoms with Gasteiger partial charge >= 0.3 is 12.1 Å². The summed E-state index contributed by atoms with van der Waals surface area (Å²) < 4.78 is 45.7. The predicted octanol–water partition coefficient (Wildman–Crippen LogP) is 0.215. The Hall–Kier alpha value is -2.44. The lowest BCUT2D eigenvalue weighted by Crippen LogP contribution is -2.34. The summed E-state index contributed by atoms with van der Waals surface area (Å²) in [7, 11) is -0.786. The molecule has 0 atom stereocenters. The molecule has 0 spiro atoms. The number of nitrogens with zero attached hydrogens (tertiary/aromatic N) is 6. The molecule has 0 unspecified atom stereocenters. The van der Waals surface area contributed by atoms with Crippen molar-refractivity contribution in [3.8, 4) is 0 Å². The zero-order valence-electron chi connectivity index (χ0n) is 18.2. The molecule has 0 aliphatic carbocycles. The number of nitrogens with one attached hydrogen (secondary N) is 2. The van der Waals surface area contributed by atoms with Gasteiger partial charge in [0.05, 0.1) is 11.5 Å². The van der Waals surface area contributed by atoms with Crippen molar-refractivity contribution in [1.29, 1.82) is 0 Å². The summed E-state index contributed by atoms with van der Waals surface area (Å²) in [5.74, 6) is -0.0728. The highest BCUT2D eigenvalue weighted by atomic mass is 32.2. The number of hydrogen-bond donors (Lipinski definition) is 2. The molecular weight excluding hydrogens is 504 g/mol. The lowest BCUT2D eigenvalue weighted by atomic mass is 10.8. The second-order valence-electron chi connectivity index (χ2n) is 5.74. The fraction of sp³-hybridized carbons (Fsp3) is 0.571. The normalized spacial score (nSPS) is 11.2. The van der Waals surface area contributed by atoms with Crippen LogP contribution in [0.25, 0.3) is 0 Å². The maximum Gasteiger partial charge on any atom is 0.323 e. The van der Waals surface area contributed by atoms with Crippen LogP contribution in [-0.4, -0.2) is 89.0 Å². The van der Waals surface area contributed by atoms with E-state index in [9.17, 15) is 26.4 Å². The molecule has 180 valence electrons. The monoisotopic (exact) mass is 528 g/mol. The Morgan fingerprint density at radius 3 is 1.31 bits per heavy atom. The van der Waals surface area contributed by atoms with Crippen molar-refractivity contribution in [3.05, 3.63) is 0 Å². The largest absolute Gasteiger partial charge is 0.341 e.